The van der Waals surface area contributed by atoms with Crippen molar-refractivity contribution in [2.45, 2.75) is 38.1 Å². The topological polar surface area (TPSA) is 20.3 Å². The van der Waals surface area contributed by atoms with Gasteiger partial charge >= 0.3 is 0 Å². The van der Waals surface area contributed by atoms with Crippen LogP contribution >= 0.6 is 0 Å². The molecule has 0 aromatic carbocycles. The van der Waals surface area contributed by atoms with Gasteiger partial charge in [-0.05, 0) is 12.8 Å². The van der Waals surface area contributed by atoms with E-state index in [9.17, 15) is 4.79 Å². The number of carbonyl (C=O) groups excluding carboxylic acids is 1. The molecule has 0 saturated heterocycles. The molecule has 0 aliphatic heterocycles. The molecule has 0 aromatic heterocycles. The zero-order valence-electron chi connectivity index (χ0n) is 7.18. The zero-order valence-corrected chi connectivity index (χ0v) is 7.18. The van der Waals surface area contributed by atoms with Gasteiger partial charge in [0.15, 0.2) is 0 Å². The van der Waals surface area contributed by atoms with Crippen molar-refractivity contribution in [2.24, 2.45) is 0 Å². The third-order valence-corrected chi connectivity index (χ3v) is 2.52. The number of carbonyl (C=O) groups is 1. The Bertz CT molecular complexity index is 138. The van der Waals surface area contributed by atoms with Gasteiger partial charge in [-0.2, -0.15) is 0 Å². The number of hydrogen-bond acceptors (Lipinski definition) is 1. The molecule has 0 bridgehead atoms. The second-order valence-electron chi connectivity index (χ2n) is 3.30. The molecule has 2 nitrogen and oxygen atoms in total. The van der Waals surface area contributed by atoms with Crippen LogP contribution in [0.25, 0.3) is 0 Å². The molecule has 1 aliphatic carbocycles. The molecular weight excluding hydrogens is 138 g/mol. The van der Waals surface area contributed by atoms with Crippen LogP contribution in [0.15, 0.2) is 0 Å². The van der Waals surface area contributed by atoms with Gasteiger partial charge in [0.05, 0.1) is 0 Å². The van der Waals surface area contributed by atoms with Gasteiger partial charge in [-0.15, -0.1) is 0 Å². The van der Waals surface area contributed by atoms with Crippen LogP contribution in [-0.4, -0.2) is 23.9 Å². The summed E-state index contributed by atoms with van der Waals surface area (Å²) in [7, 11) is 1.85. The van der Waals surface area contributed by atoms with Crippen molar-refractivity contribution in [3.05, 3.63) is 6.92 Å². The van der Waals surface area contributed by atoms with Crippen LogP contribution in [0.1, 0.15) is 32.1 Å². The van der Waals surface area contributed by atoms with Gasteiger partial charge in [0.2, 0.25) is 5.91 Å². The summed E-state index contributed by atoms with van der Waals surface area (Å²) in [6.07, 6.45) is 6.19. The summed E-state index contributed by atoms with van der Waals surface area (Å²) in [6, 6.07) is 0.466. The smallest absolute Gasteiger partial charge is 0.223 e. The Labute approximate surface area is 68.6 Å². The largest absolute Gasteiger partial charge is 0.343 e. The van der Waals surface area contributed by atoms with Gasteiger partial charge in [0.25, 0.3) is 0 Å². The van der Waals surface area contributed by atoms with E-state index in [1.807, 2.05) is 7.05 Å². The number of nitrogens with zero attached hydrogens (tertiary/aromatic N) is 1. The maximum atomic E-state index is 10.9. The summed E-state index contributed by atoms with van der Waals surface area (Å²) in [5.74, 6) is -0.0445. The van der Waals surface area contributed by atoms with Crippen molar-refractivity contribution in [3.63, 3.8) is 0 Å². The molecule has 11 heavy (non-hydrogen) atoms. The Kier molecular flexibility index (Phi) is 2.92. The van der Waals surface area contributed by atoms with Crippen molar-refractivity contribution in [1.82, 2.24) is 4.90 Å². The number of hydrogen-bond donors (Lipinski definition) is 0. The number of rotatable bonds is 1. The first-order chi connectivity index (χ1) is 5.22. The first-order valence-electron chi connectivity index (χ1n) is 4.30. The fourth-order valence-electron chi connectivity index (χ4n) is 1.67. The van der Waals surface area contributed by atoms with E-state index in [-0.39, 0.29) is 5.91 Å². The van der Waals surface area contributed by atoms with Crippen molar-refractivity contribution < 1.29 is 4.79 Å². The van der Waals surface area contributed by atoms with E-state index in [1.54, 1.807) is 4.90 Å². The molecule has 0 aromatic rings. The molecule has 0 heterocycles. The molecular formula is C9H16NO. The average molecular weight is 154 g/mol. The molecule has 0 unspecified atom stereocenters. The maximum absolute atomic E-state index is 10.9. The van der Waals surface area contributed by atoms with Crippen LogP contribution in [0.5, 0.6) is 0 Å². The van der Waals surface area contributed by atoms with Crippen LogP contribution < -0.4 is 0 Å². The number of amides is 1. The van der Waals surface area contributed by atoms with E-state index in [2.05, 4.69) is 6.92 Å². The lowest BCUT2D eigenvalue weighted by Gasteiger charge is -2.30. The van der Waals surface area contributed by atoms with Crippen LogP contribution in [0.4, 0.5) is 0 Å². The second kappa shape index (κ2) is 3.74. The molecule has 1 radical (unpaired) electrons. The summed E-state index contributed by atoms with van der Waals surface area (Å²) >= 11 is 0. The molecule has 1 aliphatic rings. The van der Waals surface area contributed by atoms with Crippen molar-refractivity contribution >= 4 is 5.91 Å². The molecule has 1 fully saturated rings. The van der Waals surface area contributed by atoms with Crippen molar-refractivity contribution in [3.8, 4) is 0 Å². The SMILES string of the molecule is [CH2]C(=O)N(C)C1CCCCC1. The summed E-state index contributed by atoms with van der Waals surface area (Å²) in [5, 5.41) is 0. The van der Waals surface area contributed by atoms with Gasteiger partial charge in [0, 0.05) is 20.0 Å². The fourth-order valence-corrected chi connectivity index (χ4v) is 1.67. The standard InChI is InChI=1S/C9H16NO/c1-8(11)10(2)9-6-4-3-5-7-9/h9H,1,3-7H2,2H3. The van der Waals surface area contributed by atoms with Gasteiger partial charge < -0.3 is 4.90 Å². The van der Waals surface area contributed by atoms with E-state index in [0.29, 0.717) is 6.04 Å². The highest BCUT2D eigenvalue weighted by molar-refractivity contribution is 5.80. The van der Waals surface area contributed by atoms with E-state index in [0.717, 1.165) is 12.8 Å². The third-order valence-electron chi connectivity index (χ3n) is 2.52. The predicted molar refractivity (Wildman–Crippen MR) is 45.0 cm³/mol. The lowest BCUT2D eigenvalue weighted by atomic mass is 9.94. The van der Waals surface area contributed by atoms with Crippen molar-refractivity contribution in [2.75, 3.05) is 7.05 Å². The minimum absolute atomic E-state index is 0.0445. The Hall–Kier alpha value is -0.530. The lowest BCUT2D eigenvalue weighted by Crippen LogP contribution is -2.36. The predicted octanol–water partition coefficient (Wildman–Crippen LogP) is 1.61. The lowest BCUT2D eigenvalue weighted by molar-refractivity contribution is -0.127. The van der Waals surface area contributed by atoms with Gasteiger partial charge in [-0.25, -0.2) is 0 Å². The molecule has 1 amide bonds. The van der Waals surface area contributed by atoms with Gasteiger partial charge in [0.1, 0.15) is 0 Å². The van der Waals surface area contributed by atoms with E-state index >= 15 is 0 Å². The summed E-state index contributed by atoms with van der Waals surface area (Å²) in [5.41, 5.74) is 0. The van der Waals surface area contributed by atoms with Crippen LogP contribution in [0, 0.1) is 6.92 Å². The summed E-state index contributed by atoms with van der Waals surface area (Å²) in [6.45, 7) is 3.40. The zero-order chi connectivity index (χ0) is 8.27. The van der Waals surface area contributed by atoms with Crippen molar-refractivity contribution in [1.29, 1.82) is 0 Å². The van der Waals surface area contributed by atoms with Crippen LogP contribution in [0.3, 0.4) is 0 Å². The highest BCUT2D eigenvalue weighted by Crippen LogP contribution is 2.21. The highest BCUT2D eigenvalue weighted by Gasteiger charge is 2.19. The fraction of sp³-hybridized carbons (Fsp3) is 0.778. The Balaban J connectivity index is 2.38. The molecule has 0 spiro atoms. The normalized spacial score (nSPS) is 19.8. The molecule has 0 N–H and O–H groups in total. The second-order valence-corrected chi connectivity index (χ2v) is 3.30. The maximum Gasteiger partial charge on any atom is 0.223 e. The monoisotopic (exact) mass is 154 g/mol. The van der Waals surface area contributed by atoms with Gasteiger partial charge in [-0.3, -0.25) is 4.79 Å². The molecule has 2 heteroatoms. The Morgan fingerprint density at radius 3 is 2.36 bits per heavy atom. The molecule has 1 rings (SSSR count). The minimum atomic E-state index is -0.0445. The first kappa shape index (κ1) is 8.57. The molecule has 1 saturated carbocycles. The van der Waals surface area contributed by atoms with Crippen LogP contribution in [0.2, 0.25) is 0 Å². The van der Waals surface area contributed by atoms with Gasteiger partial charge in [-0.1, -0.05) is 19.3 Å². The van der Waals surface area contributed by atoms with E-state index in [1.165, 1.54) is 19.3 Å². The third kappa shape index (κ3) is 2.21. The Morgan fingerprint density at radius 1 is 1.36 bits per heavy atom. The Morgan fingerprint density at radius 2 is 1.91 bits per heavy atom. The minimum Gasteiger partial charge on any atom is -0.343 e. The first-order valence-corrected chi connectivity index (χ1v) is 4.30. The van der Waals surface area contributed by atoms with E-state index < -0.39 is 0 Å². The summed E-state index contributed by atoms with van der Waals surface area (Å²) < 4.78 is 0. The summed E-state index contributed by atoms with van der Waals surface area (Å²) in [4.78, 5) is 12.6. The molecule has 63 valence electrons. The average Bonchev–Trinajstić information content (AvgIpc) is 2.05. The highest BCUT2D eigenvalue weighted by atomic mass is 16.2. The van der Waals surface area contributed by atoms with E-state index in [4.69, 9.17) is 0 Å². The molecule has 0 atom stereocenters. The van der Waals surface area contributed by atoms with Crippen LogP contribution in [-0.2, 0) is 4.79 Å². The quantitative estimate of drug-likeness (QED) is 0.562.